The summed E-state index contributed by atoms with van der Waals surface area (Å²) in [6, 6.07) is 11.5. The van der Waals surface area contributed by atoms with E-state index in [1.807, 2.05) is 35.7 Å². The van der Waals surface area contributed by atoms with Crippen LogP contribution in [0.25, 0.3) is 0 Å². The molecule has 1 aliphatic rings. The Morgan fingerprint density at radius 1 is 1.09 bits per heavy atom. The van der Waals surface area contributed by atoms with E-state index in [4.69, 9.17) is 0 Å². The van der Waals surface area contributed by atoms with Crippen molar-refractivity contribution < 1.29 is 9.59 Å². The smallest absolute Gasteiger partial charge is 0.265 e. The molecule has 2 heterocycles. The predicted molar refractivity (Wildman–Crippen MR) is 88.6 cm³/mol. The number of thiophene rings is 1. The van der Waals surface area contributed by atoms with Crippen LogP contribution in [-0.2, 0) is 4.79 Å². The summed E-state index contributed by atoms with van der Waals surface area (Å²) in [7, 11) is 0. The van der Waals surface area contributed by atoms with Crippen LogP contribution in [-0.4, -0.2) is 43.4 Å². The molecule has 3 rings (SSSR count). The Morgan fingerprint density at radius 2 is 1.82 bits per heavy atom. The Bertz CT molecular complexity index is 632. The maximum absolute atomic E-state index is 12.0. The number of hydrogen-bond donors (Lipinski definition) is 1. The maximum atomic E-state index is 12.0. The second kappa shape index (κ2) is 6.62. The average Bonchev–Trinajstić information content (AvgIpc) is 3.10. The summed E-state index contributed by atoms with van der Waals surface area (Å²) in [6.07, 6.45) is 0.903. The highest BCUT2D eigenvalue weighted by Gasteiger charge is 2.15. The molecule has 1 saturated heterocycles. The molecule has 0 aliphatic carbocycles. The van der Waals surface area contributed by atoms with Gasteiger partial charge in [-0.05, 0) is 35.7 Å². The molecule has 0 atom stereocenters. The van der Waals surface area contributed by atoms with E-state index in [-0.39, 0.29) is 5.91 Å². The van der Waals surface area contributed by atoms with Gasteiger partial charge in [0.2, 0.25) is 6.41 Å². The summed E-state index contributed by atoms with van der Waals surface area (Å²) < 4.78 is 0. The summed E-state index contributed by atoms with van der Waals surface area (Å²) >= 11 is 1.43. The number of piperazine rings is 1. The Hall–Kier alpha value is -2.34. The van der Waals surface area contributed by atoms with Crippen LogP contribution in [0.15, 0.2) is 41.8 Å². The number of nitrogens with zero attached hydrogens (tertiary/aromatic N) is 2. The second-order valence-electron chi connectivity index (χ2n) is 5.11. The van der Waals surface area contributed by atoms with Gasteiger partial charge in [-0.15, -0.1) is 11.3 Å². The molecule has 6 heteroatoms. The van der Waals surface area contributed by atoms with Gasteiger partial charge in [-0.25, -0.2) is 0 Å². The van der Waals surface area contributed by atoms with Crippen molar-refractivity contribution in [2.45, 2.75) is 0 Å². The third-order valence-corrected chi connectivity index (χ3v) is 4.57. The molecule has 5 nitrogen and oxygen atoms in total. The zero-order chi connectivity index (χ0) is 15.4. The Balaban J connectivity index is 1.61. The minimum absolute atomic E-state index is 0.0812. The molecule has 0 unspecified atom stereocenters. The molecular formula is C16H17N3O2S. The molecule has 0 spiro atoms. The van der Waals surface area contributed by atoms with E-state index < -0.39 is 0 Å². The predicted octanol–water partition coefficient (Wildman–Crippen LogP) is 2.28. The minimum atomic E-state index is -0.0812. The molecule has 1 aromatic heterocycles. The normalized spacial score (nSPS) is 14.7. The van der Waals surface area contributed by atoms with Gasteiger partial charge in [0.1, 0.15) is 0 Å². The van der Waals surface area contributed by atoms with Crippen LogP contribution in [0.3, 0.4) is 0 Å². The molecule has 22 heavy (non-hydrogen) atoms. The lowest BCUT2D eigenvalue weighted by Crippen LogP contribution is -2.45. The van der Waals surface area contributed by atoms with E-state index in [0.29, 0.717) is 4.88 Å². The maximum Gasteiger partial charge on any atom is 0.265 e. The minimum Gasteiger partial charge on any atom is -0.368 e. The number of benzene rings is 1. The van der Waals surface area contributed by atoms with Gasteiger partial charge in [0.25, 0.3) is 5.91 Å². The van der Waals surface area contributed by atoms with Crippen LogP contribution < -0.4 is 10.2 Å². The van der Waals surface area contributed by atoms with Crippen molar-refractivity contribution in [3.8, 4) is 0 Å². The highest BCUT2D eigenvalue weighted by molar-refractivity contribution is 7.12. The molecule has 1 aliphatic heterocycles. The van der Waals surface area contributed by atoms with Gasteiger partial charge in [0, 0.05) is 37.6 Å². The van der Waals surface area contributed by atoms with Crippen LogP contribution >= 0.6 is 11.3 Å². The Kier molecular flexibility index (Phi) is 4.39. The lowest BCUT2D eigenvalue weighted by Gasteiger charge is -2.34. The van der Waals surface area contributed by atoms with Gasteiger partial charge < -0.3 is 15.1 Å². The highest BCUT2D eigenvalue weighted by atomic mass is 32.1. The molecular weight excluding hydrogens is 298 g/mol. The van der Waals surface area contributed by atoms with Gasteiger partial charge in [-0.2, -0.15) is 0 Å². The van der Waals surface area contributed by atoms with Crippen molar-refractivity contribution in [2.24, 2.45) is 0 Å². The fraction of sp³-hybridized carbons (Fsp3) is 0.250. The number of rotatable bonds is 4. The van der Waals surface area contributed by atoms with Crippen molar-refractivity contribution in [3.63, 3.8) is 0 Å². The SMILES string of the molecule is O=CN1CCN(c2ccc(NC(=O)c3cccs3)cc2)CC1. The van der Waals surface area contributed by atoms with Crippen molar-refractivity contribution >= 4 is 35.0 Å². The molecule has 0 saturated carbocycles. The fourth-order valence-electron chi connectivity index (χ4n) is 2.44. The molecule has 114 valence electrons. The molecule has 1 N–H and O–H groups in total. The number of amides is 2. The quantitative estimate of drug-likeness (QED) is 0.881. The fourth-order valence-corrected chi connectivity index (χ4v) is 3.06. The molecule has 2 aromatic rings. The number of carbonyl (C=O) groups excluding carboxylic acids is 2. The summed E-state index contributed by atoms with van der Waals surface area (Å²) in [6.45, 7) is 3.17. The van der Waals surface area contributed by atoms with Crippen molar-refractivity contribution in [1.82, 2.24) is 4.90 Å². The van der Waals surface area contributed by atoms with E-state index in [9.17, 15) is 9.59 Å². The first-order chi connectivity index (χ1) is 10.8. The first kappa shape index (κ1) is 14.6. The summed E-state index contributed by atoms with van der Waals surface area (Å²) in [4.78, 5) is 27.4. The van der Waals surface area contributed by atoms with E-state index >= 15 is 0 Å². The first-order valence-electron chi connectivity index (χ1n) is 7.15. The highest BCUT2D eigenvalue weighted by Crippen LogP contribution is 2.20. The standard InChI is InChI=1S/C16H17N3O2S/c20-12-18-7-9-19(10-8-18)14-5-3-13(4-6-14)17-16(21)15-2-1-11-22-15/h1-6,11-12H,7-10H2,(H,17,21). The molecule has 0 bridgehead atoms. The summed E-state index contributed by atoms with van der Waals surface area (Å²) in [5.74, 6) is -0.0812. The van der Waals surface area contributed by atoms with Gasteiger partial charge in [0.15, 0.2) is 0 Å². The van der Waals surface area contributed by atoms with Gasteiger partial charge in [0.05, 0.1) is 4.88 Å². The number of carbonyl (C=O) groups is 2. The summed E-state index contributed by atoms with van der Waals surface area (Å²) in [5, 5.41) is 4.77. The van der Waals surface area contributed by atoms with E-state index in [1.54, 1.807) is 11.0 Å². The molecule has 1 aromatic carbocycles. The average molecular weight is 315 g/mol. The zero-order valence-electron chi connectivity index (χ0n) is 12.1. The number of anilines is 2. The Labute approximate surface area is 133 Å². The third kappa shape index (κ3) is 3.28. The lowest BCUT2D eigenvalue weighted by molar-refractivity contribution is -0.118. The topological polar surface area (TPSA) is 52.7 Å². The Morgan fingerprint density at radius 3 is 2.41 bits per heavy atom. The van der Waals surface area contributed by atoms with Gasteiger partial charge in [-0.1, -0.05) is 6.07 Å². The lowest BCUT2D eigenvalue weighted by atomic mass is 10.2. The summed E-state index contributed by atoms with van der Waals surface area (Å²) in [5.41, 5.74) is 1.90. The van der Waals surface area contributed by atoms with Crippen LogP contribution in [0.5, 0.6) is 0 Å². The van der Waals surface area contributed by atoms with Crippen LogP contribution in [0, 0.1) is 0 Å². The van der Waals surface area contributed by atoms with E-state index in [2.05, 4.69) is 10.2 Å². The van der Waals surface area contributed by atoms with Gasteiger partial charge in [-0.3, -0.25) is 9.59 Å². The van der Waals surface area contributed by atoms with Crippen molar-refractivity contribution in [3.05, 3.63) is 46.7 Å². The molecule has 1 fully saturated rings. The second-order valence-corrected chi connectivity index (χ2v) is 6.05. The first-order valence-corrected chi connectivity index (χ1v) is 8.03. The monoisotopic (exact) mass is 315 g/mol. The molecule has 0 radical (unpaired) electrons. The molecule has 2 amide bonds. The number of hydrogen-bond acceptors (Lipinski definition) is 4. The van der Waals surface area contributed by atoms with E-state index in [0.717, 1.165) is 44.0 Å². The third-order valence-electron chi connectivity index (χ3n) is 3.70. The van der Waals surface area contributed by atoms with Crippen LogP contribution in [0.4, 0.5) is 11.4 Å². The van der Waals surface area contributed by atoms with Crippen molar-refractivity contribution in [2.75, 3.05) is 36.4 Å². The number of nitrogens with one attached hydrogen (secondary N) is 1. The van der Waals surface area contributed by atoms with Gasteiger partial charge >= 0.3 is 0 Å². The van der Waals surface area contributed by atoms with Crippen LogP contribution in [0.2, 0.25) is 0 Å². The largest absolute Gasteiger partial charge is 0.368 e. The van der Waals surface area contributed by atoms with E-state index in [1.165, 1.54) is 11.3 Å². The van der Waals surface area contributed by atoms with Crippen molar-refractivity contribution in [1.29, 1.82) is 0 Å². The van der Waals surface area contributed by atoms with Crippen LogP contribution in [0.1, 0.15) is 9.67 Å². The zero-order valence-corrected chi connectivity index (χ0v) is 12.9.